The molecule has 3 N–H and O–H groups in total. The summed E-state index contributed by atoms with van der Waals surface area (Å²) in [6.07, 6.45) is 2.78. The zero-order valence-electron chi connectivity index (χ0n) is 9.00. The van der Waals surface area contributed by atoms with Crippen LogP contribution in [0.5, 0.6) is 5.75 Å². The van der Waals surface area contributed by atoms with Crippen LogP contribution in [0.3, 0.4) is 0 Å². The van der Waals surface area contributed by atoms with Crippen molar-refractivity contribution in [1.82, 2.24) is 0 Å². The Hall–Kier alpha value is -1.22. The average molecular weight is 239 g/mol. The van der Waals surface area contributed by atoms with Gasteiger partial charge in [0.1, 0.15) is 5.75 Å². The lowest BCUT2D eigenvalue weighted by Crippen LogP contribution is -2.21. The molecule has 1 aliphatic rings. The summed E-state index contributed by atoms with van der Waals surface area (Å²) in [5, 5.41) is 7.94. The smallest absolute Gasteiger partial charge is 0.137 e. The minimum Gasteiger partial charge on any atom is -0.491 e. The highest BCUT2D eigenvalue weighted by Gasteiger charge is 2.44. The lowest BCUT2D eigenvalue weighted by Gasteiger charge is -2.15. The van der Waals surface area contributed by atoms with E-state index >= 15 is 0 Å². The first-order valence-corrected chi connectivity index (χ1v) is 5.69. The summed E-state index contributed by atoms with van der Waals surface area (Å²) in [5.41, 5.74) is 5.51. The van der Waals surface area contributed by atoms with Crippen LogP contribution in [0.15, 0.2) is 24.3 Å². The molecule has 0 radical (unpaired) electrons. The van der Waals surface area contributed by atoms with E-state index in [9.17, 15) is 0 Å². The molecule has 0 aromatic heterocycles. The Morgan fingerprint density at radius 3 is 2.69 bits per heavy atom. The van der Waals surface area contributed by atoms with E-state index in [0.717, 1.165) is 12.8 Å². The molecule has 0 spiro atoms. The molecule has 1 fully saturated rings. The largest absolute Gasteiger partial charge is 0.491 e. The molecule has 86 valence electrons. The topological polar surface area (TPSA) is 59.1 Å². The maximum Gasteiger partial charge on any atom is 0.137 e. The molecular weight excluding hydrogens is 224 g/mol. The summed E-state index contributed by atoms with van der Waals surface area (Å²) in [5.74, 6) is 0.944. The zero-order chi connectivity index (χ0) is 11.6. The fourth-order valence-corrected chi connectivity index (χ4v) is 1.94. The van der Waals surface area contributed by atoms with Crippen LogP contribution in [0.1, 0.15) is 19.3 Å². The molecule has 0 unspecified atom stereocenters. The van der Waals surface area contributed by atoms with Crippen molar-refractivity contribution in [2.45, 2.75) is 19.3 Å². The Balaban J connectivity index is 1.93. The molecule has 0 bridgehead atoms. The molecule has 3 nitrogen and oxygen atoms in total. The molecule has 0 heterocycles. The second-order valence-electron chi connectivity index (χ2n) is 4.42. The van der Waals surface area contributed by atoms with Gasteiger partial charge in [-0.3, -0.25) is 5.41 Å². The number of nitrogens with one attached hydrogen (secondary N) is 1. The molecule has 0 atom stereocenters. The zero-order valence-corrected chi connectivity index (χ0v) is 9.76. The standard InChI is InChI=1S/C12H15ClN2O/c13-9-3-1-2-4-10(9)16-8-12(5-6-12)7-11(14)15/h1-4H,5-8H2,(H3,14,15). The van der Waals surface area contributed by atoms with E-state index in [-0.39, 0.29) is 11.3 Å². The van der Waals surface area contributed by atoms with Gasteiger partial charge >= 0.3 is 0 Å². The Morgan fingerprint density at radius 1 is 1.44 bits per heavy atom. The fourth-order valence-electron chi connectivity index (χ4n) is 1.75. The van der Waals surface area contributed by atoms with Crippen LogP contribution in [0.4, 0.5) is 0 Å². The first-order chi connectivity index (χ1) is 7.61. The Kier molecular flexibility index (Phi) is 3.06. The second kappa shape index (κ2) is 4.34. The van der Waals surface area contributed by atoms with Crippen molar-refractivity contribution >= 4 is 17.4 Å². The van der Waals surface area contributed by atoms with Gasteiger partial charge in [-0.25, -0.2) is 0 Å². The Labute approximate surface area is 100 Å². The van der Waals surface area contributed by atoms with Crippen molar-refractivity contribution in [2.24, 2.45) is 11.1 Å². The van der Waals surface area contributed by atoms with E-state index < -0.39 is 0 Å². The minimum atomic E-state index is 0.0883. The highest BCUT2D eigenvalue weighted by Crippen LogP contribution is 2.49. The molecule has 1 aliphatic carbocycles. The van der Waals surface area contributed by atoms with Gasteiger partial charge in [0.2, 0.25) is 0 Å². The van der Waals surface area contributed by atoms with Crippen LogP contribution in [0, 0.1) is 10.8 Å². The molecule has 1 aromatic carbocycles. The molecular formula is C12H15ClN2O. The van der Waals surface area contributed by atoms with Crippen molar-refractivity contribution < 1.29 is 4.74 Å². The number of ether oxygens (including phenoxy) is 1. The SMILES string of the molecule is N=C(N)CC1(COc2ccccc2Cl)CC1. The van der Waals surface area contributed by atoms with Gasteiger partial charge in [-0.2, -0.15) is 0 Å². The van der Waals surface area contributed by atoms with Gasteiger partial charge in [0.05, 0.1) is 17.5 Å². The highest BCUT2D eigenvalue weighted by molar-refractivity contribution is 6.32. The first kappa shape index (κ1) is 11.3. The van der Waals surface area contributed by atoms with E-state index in [1.807, 2.05) is 18.2 Å². The van der Waals surface area contributed by atoms with E-state index in [0.29, 0.717) is 23.8 Å². The van der Waals surface area contributed by atoms with Crippen molar-refractivity contribution in [3.05, 3.63) is 29.3 Å². The number of para-hydroxylation sites is 1. The third-order valence-electron chi connectivity index (χ3n) is 2.89. The summed E-state index contributed by atoms with van der Waals surface area (Å²) in [4.78, 5) is 0. The first-order valence-electron chi connectivity index (χ1n) is 5.32. The van der Waals surface area contributed by atoms with Crippen LogP contribution in [-0.2, 0) is 0 Å². The maximum absolute atomic E-state index is 7.31. The summed E-state index contributed by atoms with van der Waals surface area (Å²) in [6.45, 7) is 0.594. The number of hydrogen-bond donors (Lipinski definition) is 2. The van der Waals surface area contributed by atoms with E-state index in [1.54, 1.807) is 6.07 Å². The quantitative estimate of drug-likeness (QED) is 0.612. The Bertz CT molecular complexity index is 402. The lowest BCUT2D eigenvalue weighted by atomic mass is 10.0. The summed E-state index contributed by atoms with van der Waals surface area (Å²) >= 11 is 5.99. The lowest BCUT2D eigenvalue weighted by molar-refractivity contribution is 0.238. The molecule has 2 rings (SSSR count). The number of amidine groups is 1. The van der Waals surface area contributed by atoms with Crippen LogP contribution >= 0.6 is 11.6 Å². The third-order valence-corrected chi connectivity index (χ3v) is 3.21. The molecule has 0 aliphatic heterocycles. The van der Waals surface area contributed by atoms with Crippen molar-refractivity contribution in [3.8, 4) is 5.75 Å². The molecule has 0 saturated heterocycles. The number of hydrogen-bond acceptors (Lipinski definition) is 2. The maximum atomic E-state index is 7.31. The summed E-state index contributed by atoms with van der Waals surface area (Å²) < 4.78 is 5.68. The minimum absolute atomic E-state index is 0.0883. The van der Waals surface area contributed by atoms with E-state index in [2.05, 4.69) is 0 Å². The molecule has 1 aromatic rings. The van der Waals surface area contributed by atoms with Gasteiger partial charge in [-0.15, -0.1) is 0 Å². The number of nitrogens with two attached hydrogens (primary N) is 1. The van der Waals surface area contributed by atoms with Crippen LogP contribution < -0.4 is 10.5 Å². The normalized spacial score (nSPS) is 16.8. The van der Waals surface area contributed by atoms with Gasteiger partial charge in [0, 0.05) is 11.8 Å². The molecule has 1 saturated carbocycles. The second-order valence-corrected chi connectivity index (χ2v) is 4.83. The van der Waals surface area contributed by atoms with Gasteiger partial charge < -0.3 is 10.5 Å². The third kappa shape index (κ3) is 2.67. The number of benzene rings is 1. The molecule has 16 heavy (non-hydrogen) atoms. The number of rotatable bonds is 5. The molecule has 0 amide bonds. The monoisotopic (exact) mass is 238 g/mol. The van der Waals surface area contributed by atoms with Gasteiger partial charge in [-0.1, -0.05) is 23.7 Å². The van der Waals surface area contributed by atoms with E-state index in [1.165, 1.54) is 0 Å². The predicted octanol–water partition coefficient (Wildman–Crippen LogP) is 2.83. The van der Waals surface area contributed by atoms with Crippen LogP contribution in [0.2, 0.25) is 5.02 Å². The number of halogens is 1. The molecule has 4 heteroatoms. The average Bonchev–Trinajstić information content (AvgIpc) is 2.96. The van der Waals surface area contributed by atoms with Crippen molar-refractivity contribution in [1.29, 1.82) is 5.41 Å². The van der Waals surface area contributed by atoms with Gasteiger partial charge in [-0.05, 0) is 25.0 Å². The highest BCUT2D eigenvalue weighted by atomic mass is 35.5. The fraction of sp³-hybridized carbons (Fsp3) is 0.417. The van der Waals surface area contributed by atoms with Crippen molar-refractivity contribution in [2.75, 3.05) is 6.61 Å². The van der Waals surface area contributed by atoms with Gasteiger partial charge in [0.25, 0.3) is 0 Å². The van der Waals surface area contributed by atoms with E-state index in [4.69, 9.17) is 27.5 Å². The summed E-state index contributed by atoms with van der Waals surface area (Å²) in [7, 11) is 0. The van der Waals surface area contributed by atoms with Crippen molar-refractivity contribution in [3.63, 3.8) is 0 Å². The van der Waals surface area contributed by atoms with Gasteiger partial charge in [0.15, 0.2) is 0 Å². The van der Waals surface area contributed by atoms with Crippen LogP contribution in [-0.4, -0.2) is 12.4 Å². The van der Waals surface area contributed by atoms with Crippen LogP contribution in [0.25, 0.3) is 0 Å². The predicted molar refractivity (Wildman–Crippen MR) is 65.1 cm³/mol. The summed E-state index contributed by atoms with van der Waals surface area (Å²) in [6, 6.07) is 7.43. The Morgan fingerprint density at radius 2 is 2.12 bits per heavy atom.